The van der Waals surface area contributed by atoms with Gasteiger partial charge in [0.1, 0.15) is 19.3 Å². The fraction of sp³-hybridized carbons (Fsp3) is 0.480. The Morgan fingerprint density at radius 1 is 0.879 bits per heavy atom. The van der Waals surface area contributed by atoms with Crippen molar-refractivity contribution in [3.8, 4) is 11.5 Å². The highest BCUT2D eigenvalue weighted by molar-refractivity contribution is 5.99. The molecular weight excluding hydrogens is 424 g/mol. The van der Waals surface area contributed by atoms with Crippen LogP contribution in [0.25, 0.3) is 0 Å². The summed E-state index contributed by atoms with van der Waals surface area (Å²) < 4.78 is 16.4. The lowest BCUT2D eigenvalue weighted by Crippen LogP contribution is -2.54. The van der Waals surface area contributed by atoms with Crippen molar-refractivity contribution in [3.05, 3.63) is 47.9 Å². The molecule has 2 fully saturated rings. The minimum atomic E-state index is -0.471. The maximum Gasteiger partial charge on any atom is 0.290 e. The number of furan rings is 1. The van der Waals surface area contributed by atoms with Gasteiger partial charge < -0.3 is 23.7 Å². The minimum Gasteiger partial charge on any atom is -0.486 e. The van der Waals surface area contributed by atoms with Crippen LogP contribution in [0.3, 0.4) is 0 Å². The molecule has 2 amide bonds. The molecule has 1 atom stereocenters. The average Bonchev–Trinajstić information content (AvgIpc) is 3.42. The number of nitrogens with zero attached hydrogens (tertiary/aromatic N) is 2. The van der Waals surface area contributed by atoms with E-state index in [2.05, 4.69) is 0 Å². The predicted octanol–water partition coefficient (Wildman–Crippen LogP) is 3.17. The molecule has 0 radical (unpaired) electrons. The molecule has 174 valence electrons. The van der Waals surface area contributed by atoms with Crippen molar-refractivity contribution in [2.75, 3.05) is 32.8 Å². The molecule has 1 aromatic carbocycles. The zero-order valence-electron chi connectivity index (χ0n) is 18.5. The van der Waals surface area contributed by atoms with Gasteiger partial charge in [0.2, 0.25) is 5.91 Å². The van der Waals surface area contributed by atoms with Crippen LogP contribution in [0.1, 0.15) is 53.0 Å². The van der Waals surface area contributed by atoms with E-state index in [0.29, 0.717) is 69.2 Å². The number of hydrogen-bond donors (Lipinski definition) is 0. The normalized spacial score (nSPS) is 21.0. The molecule has 0 N–H and O–H groups in total. The molecule has 33 heavy (non-hydrogen) atoms. The van der Waals surface area contributed by atoms with Crippen molar-refractivity contribution in [2.24, 2.45) is 5.92 Å². The highest BCUT2D eigenvalue weighted by Gasteiger charge is 2.38. The number of fused-ring (bicyclic) bond motifs is 1. The van der Waals surface area contributed by atoms with Gasteiger partial charge in [-0.15, -0.1) is 0 Å². The molecule has 1 unspecified atom stereocenters. The van der Waals surface area contributed by atoms with Crippen molar-refractivity contribution in [2.45, 2.75) is 38.1 Å². The van der Waals surface area contributed by atoms with Gasteiger partial charge in [-0.1, -0.05) is 0 Å². The second kappa shape index (κ2) is 9.29. The lowest BCUT2D eigenvalue weighted by molar-refractivity contribution is -0.138. The number of rotatable bonds is 4. The van der Waals surface area contributed by atoms with Gasteiger partial charge in [0.25, 0.3) is 5.91 Å². The molecule has 8 nitrogen and oxygen atoms in total. The van der Waals surface area contributed by atoms with E-state index in [1.807, 2.05) is 4.90 Å². The molecule has 0 spiro atoms. The number of carbonyl (C=O) groups is 3. The Bertz CT molecular complexity index is 1030. The lowest BCUT2D eigenvalue weighted by atomic mass is 9.88. The van der Waals surface area contributed by atoms with Crippen molar-refractivity contribution < 1.29 is 28.3 Å². The summed E-state index contributed by atoms with van der Waals surface area (Å²) in [7, 11) is 0. The number of ketones is 1. The van der Waals surface area contributed by atoms with Crippen LogP contribution in [-0.4, -0.2) is 66.3 Å². The van der Waals surface area contributed by atoms with Gasteiger partial charge in [-0.05, 0) is 62.4 Å². The van der Waals surface area contributed by atoms with E-state index in [0.717, 1.165) is 12.8 Å². The van der Waals surface area contributed by atoms with Crippen LogP contribution in [0.5, 0.6) is 11.5 Å². The minimum absolute atomic E-state index is 0.0279. The van der Waals surface area contributed by atoms with Gasteiger partial charge in [0.05, 0.1) is 6.26 Å². The van der Waals surface area contributed by atoms with Crippen LogP contribution >= 0.6 is 0 Å². The summed E-state index contributed by atoms with van der Waals surface area (Å²) in [6.07, 6.45) is 5.13. The third kappa shape index (κ3) is 4.34. The quantitative estimate of drug-likeness (QED) is 0.662. The fourth-order valence-corrected chi connectivity index (χ4v) is 4.98. The molecular formula is C25H28N2O6. The molecule has 2 aromatic rings. The van der Waals surface area contributed by atoms with E-state index in [1.54, 1.807) is 35.2 Å². The molecule has 0 saturated carbocycles. The first-order valence-electron chi connectivity index (χ1n) is 11.7. The van der Waals surface area contributed by atoms with E-state index in [9.17, 15) is 14.4 Å². The molecule has 2 saturated heterocycles. The predicted molar refractivity (Wildman–Crippen MR) is 118 cm³/mol. The molecule has 3 aliphatic heterocycles. The van der Waals surface area contributed by atoms with Gasteiger partial charge in [-0.2, -0.15) is 0 Å². The van der Waals surface area contributed by atoms with Crippen LogP contribution in [-0.2, 0) is 4.79 Å². The Hall–Kier alpha value is -3.29. The van der Waals surface area contributed by atoms with E-state index < -0.39 is 6.04 Å². The number of likely N-dealkylation sites (tertiary alicyclic amines) is 2. The summed E-state index contributed by atoms with van der Waals surface area (Å²) >= 11 is 0. The third-order valence-corrected chi connectivity index (χ3v) is 6.78. The van der Waals surface area contributed by atoms with E-state index >= 15 is 0 Å². The largest absolute Gasteiger partial charge is 0.486 e. The van der Waals surface area contributed by atoms with Crippen LogP contribution < -0.4 is 9.47 Å². The fourth-order valence-electron chi connectivity index (χ4n) is 4.98. The SMILES string of the molecule is O=C(c1ccc2c(c1)OCCO2)C1CCN(C(=O)C2CCCCN2C(=O)c2ccco2)CC1. The number of ether oxygens (including phenoxy) is 2. The Morgan fingerprint density at radius 2 is 1.67 bits per heavy atom. The molecule has 0 bridgehead atoms. The Balaban J connectivity index is 1.21. The van der Waals surface area contributed by atoms with E-state index in [4.69, 9.17) is 13.9 Å². The molecule has 5 rings (SSSR count). The number of carbonyl (C=O) groups excluding carboxylic acids is 3. The van der Waals surface area contributed by atoms with Crippen molar-refractivity contribution in [1.82, 2.24) is 9.80 Å². The topological polar surface area (TPSA) is 89.3 Å². The van der Waals surface area contributed by atoms with Crippen LogP contribution in [0.15, 0.2) is 41.0 Å². The number of benzene rings is 1. The Labute approximate surface area is 192 Å². The second-order valence-electron chi connectivity index (χ2n) is 8.81. The molecule has 8 heteroatoms. The zero-order valence-corrected chi connectivity index (χ0v) is 18.5. The summed E-state index contributed by atoms with van der Waals surface area (Å²) in [6.45, 7) is 2.57. The van der Waals surface area contributed by atoms with E-state index in [-0.39, 0.29) is 29.3 Å². The first kappa shape index (κ1) is 21.6. The van der Waals surface area contributed by atoms with Gasteiger partial charge in [-0.25, -0.2) is 0 Å². The Kier molecular flexibility index (Phi) is 6.07. The highest BCUT2D eigenvalue weighted by Crippen LogP contribution is 2.33. The average molecular weight is 453 g/mol. The number of Topliss-reactive ketones (excluding diaryl/α,β-unsaturated/α-hetero) is 1. The first-order chi connectivity index (χ1) is 16.1. The van der Waals surface area contributed by atoms with Gasteiger partial charge in [-0.3, -0.25) is 14.4 Å². The molecule has 0 aliphatic carbocycles. The maximum absolute atomic E-state index is 13.3. The summed E-state index contributed by atoms with van der Waals surface area (Å²) in [5, 5.41) is 0. The molecule has 1 aromatic heterocycles. The summed E-state index contributed by atoms with van der Waals surface area (Å²) in [5.41, 5.74) is 0.617. The van der Waals surface area contributed by atoms with Gasteiger partial charge in [0, 0.05) is 31.1 Å². The number of amides is 2. The van der Waals surface area contributed by atoms with E-state index in [1.165, 1.54) is 6.26 Å². The van der Waals surface area contributed by atoms with Crippen LogP contribution in [0.2, 0.25) is 0 Å². The summed E-state index contributed by atoms with van der Waals surface area (Å²) in [6, 6.07) is 8.17. The van der Waals surface area contributed by atoms with Crippen molar-refractivity contribution >= 4 is 17.6 Å². The Morgan fingerprint density at radius 3 is 2.42 bits per heavy atom. The smallest absolute Gasteiger partial charge is 0.290 e. The summed E-state index contributed by atoms with van der Waals surface area (Å²) in [5.74, 6) is 1.22. The van der Waals surface area contributed by atoms with Gasteiger partial charge in [0.15, 0.2) is 23.0 Å². The molecule has 4 heterocycles. The number of piperidine rings is 2. The third-order valence-electron chi connectivity index (χ3n) is 6.78. The second-order valence-corrected chi connectivity index (χ2v) is 8.81. The number of hydrogen-bond acceptors (Lipinski definition) is 6. The standard InChI is InChI=1S/C25H28N2O6/c28-23(18-6-7-20-22(16-18)33-15-14-32-20)17-8-11-26(12-9-17)24(29)19-4-1-2-10-27(19)25(30)21-5-3-13-31-21/h3,5-7,13,16-17,19H,1-2,4,8-12,14-15H2. The van der Waals surface area contributed by atoms with Crippen molar-refractivity contribution in [3.63, 3.8) is 0 Å². The van der Waals surface area contributed by atoms with Crippen molar-refractivity contribution in [1.29, 1.82) is 0 Å². The van der Waals surface area contributed by atoms with Crippen LogP contribution in [0, 0.1) is 5.92 Å². The maximum atomic E-state index is 13.3. The first-order valence-corrected chi connectivity index (χ1v) is 11.7. The monoisotopic (exact) mass is 452 g/mol. The summed E-state index contributed by atoms with van der Waals surface area (Å²) in [4.78, 5) is 42.7. The zero-order chi connectivity index (χ0) is 22.8. The van der Waals surface area contributed by atoms with Crippen LogP contribution in [0.4, 0.5) is 0 Å². The van der Waals surface area contributed by atoms with Gasteiger partial charge >= 0.3 is 0 Å². The molecule has 3 aliphatic rings. The lowest BCUT2D eigenvalue weighted by Gasteiger charge is -2.39. The highest BCUT2D eigenvalue weighted by atomic mass is 16.6.